The molecule has 0 spiro atoms. The minimum atomic E-state index is -0.468. The Bertz CT molecular complexity index is 884. The molecule has 1 atom stereocenters. The molecule has 1 fully saturated rings. The first kappa shape index (κ1) is 20.3. The van der Waals surface area contributed by atoms with Gasteiger partial charge >= 0.3 is 6.09 Å². The molecule has 2 aromatic rings. The van der Waals surface area contributed by atoms with E-state index in [1.807, 2.05) is 57.2 Å². The van der Waals surface area contributed by atoms with Crippen LogP contribution in [0.25, 0.3) is 0 Å². The molecule has 1 N–H and O–H groups in total. The summed E-state index contributed by atoms with van der Waals surface area (Å²) in [4.78, 5) is 19.2. The fourth-order valence-corrected chi connectivity index (χ4v) is 3.90. The molecule has 0 aromatic heterocycles. The number of aliphatic imine (C=N–C) groups is 1. The standard InChI is InChI=1S/C24H30N4O2/c1-24(2,3)30-23(29)27-16-14-18(15-17-27)21-25-22(19-10-6-4-7-11-19)28(26-21)20-12-8-5-9-13-20/h4-13,18,22H,14-17H2,1-3H3,(H,25,26). The van der Waals surface area contributed by atoms with E-state index in [-0.39, 0.29) is 12.3 Å². The SMILES string of the molecule is CC(C)(C)OC(=O)N1CCC(C2=NC(c3ccccc3)N(c3ccccc3)N2)CC1. The number of benzene rings is 2. The Balaban J connectivity index is 1.48. The van der Waals surface area contributed by atoms with Crippen LogP contribution < -0.4 is 10.4 Å². The van der Waals surface area contributed by atoms with Gasteiger partial charge in [0.1, 0.15) is 11.4 Å². The third kappa shape index (κ3) is 4.58. The van der Waals surface area contributed by atoms with E-state index < -0.39 is 5.60 Å². The van der Waals surface area contributed by atoms with Crippen molar-refractivity contribution < 1.29 is 9.53 Å². The topological polar surface area (TPSA) is 57.2 Å². The van der Waals surface area contributed by atoms with Crippen LogP contribution >= 0.6 is 0 Å². The van der Waals surface area contributed by atoms with E-state index in [9.17, 15) is 4.79 Å². The van der Waals surface area contributed by atoms with Crippen molar-refractivity contribution in [2.45, 2.75) is 45.4 Å². The highest BCUT2D eigenvalue weighted by molar-refractivity contribution is 5.89. The van der Waals surface area contributed by atoms with Crippen molar-refractivity contribution in [3.63, 3.8) is 0 Å². The predicted octanol–water partition coefficient (Wildman–Crippen LogP) is 4.76. The van der Waals surface area contributed by atoms with Crippen LogP contribution in [0.5, 0.6) is 0 Å². The molecule has 1 unspecified atom stereocenters. The number of amides is 1. The molecule has 1 amide bonds. The summed E-state index contributed by atoms with van der Waals surface area (Å²) in [6, 6.07) is 20.6. The number of ether oxygens (including phenoxy) is 1. The van der Waals surface area contributed by atoms with Crippen LogP contribution in [-0.4, -0.2) is 35.5 Å². The largest absolute Gasteiger partial charge is 0.444 e. The van der Waals surface area contributed by atoms with Crippen LogP contribution in [0, 0.1) is 5.92 Å². The summed E-state index contributed by atoms with van der Waals surface area (Å²) in [6.45, 7) is 7.06. The van der Waals surface area contributed by atoms with Crippen molar-refractivity contribution in [1.29, 1.82) is 0 Å². The second-order valence-corrected chi connectivity index (χ2v) is 8.86. The predicted molar refractivity (Wildman–Crippen MR) is 119 cm³/mol. The number of anilines is 1. The number of carbonyl (C=O) groups is 1. The van der Waals surface area contributed by atoms with Gasteiger partial charge in [-0.15, -0.1) is 0 Å². The van der Waals surface area contributed by atoms with Gasteiger partial charge in [-0.3, -0.25) is 10.4 Å². The van der Waals surface area contributed by atoms with E-state index >= 15 is 0 Å². The van der Waals surface area contributed by atoms with E-state index in [1.54, 1.807) is 4.90 Å². The monoisotopic (exact) mass is 406 g/mol. The molecule has 158 valence electrons. The molecule has 0 radical (unpaired) electrons. The Morgan fingerprint density at radius 3 is 2.20 bits per heavy atom. The summed E-state index contributed by atoms with van der Waals surface area (Å²) in [6.07, 6.45) is 1.41. The average Bonchev–Trinajstić information content (AvgIpc) is 3.19. The minimum Gasteiger partial charge on any atom is -0.444 e. The van der Waals surface area contributed by atoms with Gasteiger partial charge in [0.15, 0.2) is 6.17 Å². The van der Waals surface area contributed by atoms with Crippen molar-refractivity contribution in [1.82, 2.24) is 10.3 Å². The summed E-state index contributed by atoms with van der Waals surface area (Å²) < 4.78 is 5.52. The first-order chi connectivity index (χ1) is 14.4. The maximum Gasteiger partial charge on any atom is 0.410 e. The molecule has 1 saturated heterocycles. The van der Waals surface area contributed by atoms with Gasteiger partial charge in [0.25, 0.3) is 0 Å². The maximum atomic E-state index is 12.4. The van der Waals surface area contributed by atoms with Crippen molar-refractivity contribution in [2.24, 2.45) is 10.9 Å². The van der Waals surface area contributed by atoms with Gasteiger partial charge in [-0.2, -0.15) is 0 Å². The molecule has 6 heteroatoms. The molecule has 0 saturated carbocycles. The van der Waals surface area contributed by atoms with Gasteiger partial charge in [-0.1, -0.05) is 48.5 Å². The van der Waals surface area contributed by atoms with Gasteiger partial charge in [0, 0.05) is 19.0 Å². The molecule has 2 aliphatic rings. The lowest BCUT2D eigenvalue weighted by atomic mass is 9.96. The third-order valence-corrected chi connectivity index (χ3v) is 5.41. The highest BCUT2D eigenvalue weighted by Gasteiger charge is 2.34. The molecule has 4 rings (SSSR count). The Kier molecular flexibility index (Phi) is 5.66. The number of hydrogen-bond acceptors (Lipinski definition) is 5. The van der Waals surface area contributed by atoms with E-state index in [1.165, 1.54) is 0 Å². The number of likely N-dealkylation sites (tertiary alicyclic amines) is 1. The fraction of sp³-hybridized carbons (Fsp3) is 0.417. The van der Waals surface area contributed by atoms with Gasteiger partial charge in [0.05, 0.1) is 5.69 Å². The molecule has 0 bridgehead atoms. The molecular weight excluding hydrogens is 376 g/mol. The van der Waals surface area contributed by atoms with Gasteiger partial charge < -0.3 is 9.64 Å². The summed E-state index contributed by atoms with van der Waals surface area (Å²) in [5.41, 5.74) is 5.32. The average molecular weight is 407 g/mol. The number of rotatable bonds is 3. The fourth-order valence-electron chi connectivity index (χ4n) is 3.90. The highest BCUT2D eigenvalue weighted by Crippen LogP contribution is 2.33. The van der Waals surface area contributed by atoms with Crippen molar-refractivity contribution >= 4 is 17.6 Å². The van der Waals surface area contributed by atoms with Crippen molar-refractivity contribution in [2.75, 3.05) is 18.1 Å². The molecule has 2 heterocycles. The maximum absolute atomic E-state index is 12.4. The number of nitrogens with one attached hydrogen (secondary N) is 1. The van der Waals surface area contributed by atoms with E-state index in [0.717, 1.165) is 29.9 Å². The number of amidine groups is 1. The Hall–Kier alpha value is -3.02. The van der Waals surface area contributed by atoms with Crippen LogP contribution in [0.2, 0.25) is 0 Å². The quantitative estimate of drug-likeness (QED) is 0.799. The summed E-state index contributed by atoms with van der Waals surface area (Å²) >= 11 is 0. The van der Waals surface area contributed by atoms with Crippen LogP contribution in [0.4, 0.5) is 10.5 Å². The lowest BCUT2D eigenvalue weighted by Gasteiger charge is -2.33. The first-order valence-electron chi connectivity index (χ1n) is 10.6. The van der Waals surface area contributed by atoms with Crippen LogP contribution in [-0.2, 0) is 4.74 Å². The van der Waals surface area contributed by atoms with Crippen molar-refractivity contribution in [3.8, 4) is 0 Å². The molecule has 0 aliphatic carbocycles. The molecular formula is C24H30N4O2. The van der Waals surface area contributed by atoms with Crippen LogP contribution in [0.3, 0.4) is 0 Å². The zero-order valence-corrected chi connectivity index (χ0v) is 17.9. The minimum absolute atomic E-state index is 0.104. The lowest BCUT2D eigenvalue weighted by molar-refractivity contribution is 0.0201. The normalized spacial score (nSPS) is 20.0. The number of hydrazine groups is 1. The summed E-state index contributed by atoms with van der Waals surface area (Å²) in [7, 11) is 0. The van der Waals surface area contributed by atoms with E-state index in [2.05, 4.69) is 34.7 Å². The number of nitrogens with zero attached hydrogens (tertiary/aromatic N) is 3. The summed E-state index contributed by atoms with van der Waals surface area (Å²) in [5, 5.41) is 2.13. The number of carbonyl (C=O) groups excluding carboxylic acids is 1. The molecule has 2 aromatic carbocycles. The zero-order valence-electron chi connectivity index (χ0n) is 17.9. The first-order valence-corrected chi connectivity index (χ1v) is 10.6. The van der Waals surface area contributed by atoms with E-state index in [4.69, 9.17) is 9.73 Å². The molecule has 6 nitrogen and oxygen atoms in total. The number of para-hydroxylation sites is 1. The molecule has 30 heavy (non-hydrogen) atoms. The van der Waals surface area contributed by atoms with Gasteiger partial charge in [0.2, 0.25) is 0 Å². The zero-order chi connectivity index (χ0) is 21.1. The van der Waals surface area contributed by atoms with Crippen LogP contribution in [0.15, 0.2) is 65.7 Å². The lowest BCUT2D eigenvalue weighted by Crippen LogP contribution is -2.46. The van der Waals surface area contributed by atoms with Crippen LogP contribution in [0.1, 0.15) is 45.3 Å². The Morgan fingerprint density at radius 1 is 1.00 bits per heavy atom. The second kappa shape index (κ2) is 8.38. The third-order valence-electron chi connectivity index (χ3n) is 5.41. The highest BCUT2D eigenvalue weighted by atomic mass is 16.6. The Labute approximate surface area is 178 Å². The number of piperidine rings is 1. The van der Waals surface area contributed by atoms with E-state index in [0.29, 0.717) is 19.0 Å². The smallest absolute Gasteiger partial charge is 0.410 e. The second-order valence-electron chi connectivity index (χ2n) is 8.86. The Morgan fingerprint density at radius 2 is 1.60 bits per heavy atom. The summed E-state index contributed by atoms with van der Waals surface area (Å²) in [5.74, 6) is 1.29. The molecule has 2 aliphatic heterocycles. The van der Waals surface area contributed by atoms with Gasteiger partial charge in [-0.25, -0.2) is 9.79 Å². The number of hydrogen-bond donors (Lipinski definition) is 1. The van der Waals surface area contributed by atoms with Crippen molar-refractivity contribution in [3.05, 3.63) is 66.2 Å². The van der Waals surface area contributed by atoms with Gasteiger partial charge in [-0.05, 0) is 51.3 Å².